The van der Waals surface area contributed by atoms with Crippen LogP contribution in [-0.4, -0.2) is 20.2 Å². The van der Waals surface area contributed by atoms with Gasteiger partial charge in [-0.3, -0.25) is 0 Å². The van der Waals surface area contributed by atoms with Crippen LogP contribution in [0.5, 0.6) is 5.75 Å². The Morgan fingerprint density at radius 2 is 1.93 bits per heavy atom. The Balaban J connectivity index is 2.31. The molecule has 2 rings (SSSR count). The summed E-state index contributed by atoms with van der Waals surface area (Å²) >= 11 is 0. The molecule has 1 aromatic rings. The SMILES string of the molecule is COC1(OC)CCCc2ccccc2O1. The van der Waals surface area contributed by atoms with E-state index in [0.717, 1.165) is 25.0 Å². The third-order valence-electron chi connectivity index (χ3n) is 2.79. The standard InChI is InChI=1S/C12H16O3/c1-13-12(14-2)9-5-7-10-6-3-4-8-11(10)15-12/h3-4,6,8H,5,7,9H2,1-2H3. The molecule has 0 aromatic heterocycles. The average molecular weight is 208 g/mol. The van der Waals surface area contributed by atoms with Crippen LogP contribution in [-0.2, 0) is 15.9 Å². The number of aryl methyl sites for hydroxylation is 1. The highest BCUT2D eigenvalue weighted by atomic mass is 16.9. The van der Waals surface area contributed by atoms with Gasteiger partial charge in [-0.15, -0.1) is 0 Å². The van der Waals surface area contributed by atoms with E-state index >= 15 is 0 Å². The number of hydrogen-bond donors (Lipinski definition) is 0. The minimum atomic E-state index is -0.910. The lowest BCUT2D eigenvalue weighted by Gasteiger charge is -2.29. The minimum Gasteiger partial charge on any atom is -0.439 e. The molecule has 0 N–H and O–H groups in total. The first-order valence-corrected chi connectivity index (χ1v) is 5.17. The highest BCUT2D eigenvalue weighted by Gasteiger charge is 2.34. The van der Waals surface area contributed by atoms with Crippen molar-refractivity contribution in [1.82, 2.24) is 0 Å². The van der Waals surface area contributed by atoms with Crippen LogP contribution in [0.4, 0.5) is 0 Å². The van der Waals surface area contributed by atoms with Gasteiger partial charge in [0.2, 0.25) is 0 Å². The Labute approximate surface area is 90.0 Å². The first-order chi connectivity index (χ1) is 7.29. The third-order valence-corrected chi connectivity index (χ3v) is 2.79. The second-order valence-electron chi connectivity index (χ2n) is 3.65. The monoisotopic (exact) mass is 208 g/mol. The molecule has 1 aromatic carbocycles. The van der Waals surface area contributed by atoms with Crippen molar-refractivity contribution < 1.29 is 14.2 Å². The average Bonchev–Trinajstić information content (AvgIpc) is 2.48. The molecule has 0 saturated carbocycles. The molecular formula is C12H16O3. The Morgan fingerprint density at radius 3 is 2.67 bits per heavy atom. The van der Waals surface area contributed by atoms with Crippen LogP contribution in [0.1, 0.15) is 18.4 Å². The molecule has 0 bridgehead atoms. The summed E-state index contributed by atoms with van der Waals surface area (Å²) in [6.07, 6.45) is 2.75. The molecule has 1 heterocycles. The maximum Gasteiger partial charge on any atom is 0.326 e. The second kappa shape index (κ2) is 4.21. The summed E-state index contributed by atoms with van der Waals surface area (Å²) < 4.78 is 16.4. The summed E-state index contributed by atoms with van der Waals surface area (Å²) in [5, 5.41) is 0. The Bertz CT molecular complexity index is 331. The van der Waals surface area contributed by atoms with Gasteiger partial charge in [-0.1, -0.05) is 18.2 Å². The molecule has 1 aliphatic heterocycles. The molecular weight excluding hydrogens is 192 g/mol. The molecule has 1 aliphatic rings. The lowest BCUT2D eigenvalue weighted by molar-refractivity contribution is -0.323. The van der Waals surface area contributed by atoms with Gasteiger partial charge < -0.3 is 14.2 Å². The summed E-state index contributed by atoms with van der Waals surface area (Å²) in [4.78, 5) is 0. The van der Waals surface area contributed by atoms with E-state index in [-0.39, 0.29) is 0 Å². The molecule has 3 nitrogen and oxygen atoms in total. The Hall–Kier alpha value is -1.06. The van der Waals surface area contributed by atoms with E-state index in [1.165, 1.54) is 5.56 Å². The van der Waals surface area contributed by atoms with Crippen LogP contribution in [0.25, 0.3) is 0 Å². The van der Waals surface area contributed by atoms with Crippen LogP contribution in [0.2, 0.25) is 0 Å². The van der Waals surface area contributed by atoms with Crippen molar-refractivity contribution in [2.75, 3.05) is 14.2 Å². The molecule has 15 heavy (non-hydrogen) atoms. The lowest BCUT2D eigenvalue weighted by atomic mass is 10.1. The number of para-hydroxylation sites is 1. The van der Waals surface area contributed by atoms with Crippen molar-refractivity contribution in [3.63, 3.8) is 0 Å². The first kappa shape index (κ1) is 10.5. The maximum atomic E-state index is 5.80. The second-order valence-corrected chi connectivity index (χ2v) is 3.65. The fraction of sp³-hybridized carbons (Fsp3) is 0.500. The fourth-order valence-corrected chi connectivity index (χ4v) is 1.89. The van der Waals surface area contributed by atoms with Crippen LogP contribution < -0.4 is 4.74 Å². The van der Waals surface area contributed by atoms with Gasteiger partial charge in [-0.2, -0.15) is 0 Å². The van der Waals surface area contributed by atoms with Crippen molar-refractivity contribution in [1.29, 1.82) is 0 Å². The third kappa shape index (κ3) is 1.98. The van der Waals surface area contributed by atoms with E-state index in [1.54, 1.807) is 14.2 Å². The normalized spacial score (nSPS) is 18.8. The van der Waals surface area contributed by atoms with Crippen molar-refractivity contribution >= 4 is 0 Å². The first-order valence-electron chi connectivity index (χ1n) is 5.17. The van der Waals surface area contributed by atoms with Crippen LogP contribution in [0, 0.1) is 0 Å². The van der Waals surface area contributed by atoms with Gasteiger partial charge in [0.1, 0.15) is 5.75 Å². The van der Waals surface area contributed by atoms with Crippen LogP contribution in [0.3, 0.4) is 0 Å². The molecule has 0 atom stereocenters. The van der Waals surface area contributed by atoms with Gasteiger partial charge in [0.05, 0.1) is 0 Å². The molecule has 0 aliphatic carbocycles. The predicted molar refractivity (Wildman–Crippen MR) is 56.8 cm³/mol. The molecule has 0 saturated heterocycles. The minimum absolute atomic E-state index is 0.745. The highest BCUT2D eigenvalue weighted by Crippen LogP contribution is 2.32. The summed E-state index contributed by atoms with van der Waals surface area (Å²) in [6.45, 7) is 0. The molecule has 0 amide bonds. The summed E-state index contributed by atoms with van der Waals surface area (Å²) in [5.74, 6) is -0.0502. The molecule has 0 unspecified atom stereocenters. The number of hydrogen-bond acceptors (Lipinski definition) is 3. The van der Waals surface area contributed by atoms with E-state index in [9.17, 15) is 0 Å². The van der Waals surface area contributed by atoms with E-state index in [0.29, 0.717) is 0 Å². The number of benzene rings is 1. The maximum absolute atomic E-state index is 5.80. The molecule has 3 heteroatoms. The van der Waals surface area contributed by atoms with Crippen LogP contribution >= 0.6 is 0 Å². The Kier molecular flexibility index (Phi) is 2.93. The number of ether oxygens (including phenoxy) is 3. The van der Waals surface area contributed by atoms with Crippen molar-refractivity contribution in [2.45, 2.75) is 25.2 Å². The van der Waals surface area contributed by atoms with Gasteiger partial charge in [0.15, 0.2) is 0 Å². The summed E-state index contributed by atoms with van der Waals surface area (Å²) in [5.41, 5.74) is 1.22. The predicted octanol–water partition coefficient (Wildman–Crippen LogP) is 2.35. The number of rotatable bonds is 2. The van der Waals surface area contributed by atoms with E-state index in [4.69, 9.17) is 14.2 Å². The van der Waals surface area contributed by atoms with Gasteiger partial charge in [-0.05, 0) is 24.5 Å². The van der Waals surface area contributed by atoms with Gasteiger partial charge in [0.25, 0.3) is 0 Å². The molecule has 82 valence electrons. The lowest BCUT2D eigenvalue weighted by Crippen LogP contribution is -2.39. The fourth-order valence-electron chi connectivity index (χ4n) is 1.89. The van der Waals surface area contributed by atoms with Crippen molar-refractivity contribution in [3.8, 4) is 5.75 Å². The zero-order chi connectivity index (χ0) is 10.7. The number of fused-ring (bicyclic) bond motifs is 1. The number of methoxy groups -OCH3 is 2. The highest BCUT2D eigenvalue weighted by molar-refractivity contribution is 5.34. The molecule has 0 fully saturated rings. The quantitative estimate of drug-likeness (QED) is 0.698. The smallest absolute Gasteiger partial charge is 0.326 e. The van der Waals surface area contributed by atoms with Gasteiger partial charge in [-0.25, -0.2) is 0 Å². The van der Waals surface area contributed by atoms with E-state index in [2.05, 4.69) is 6.07 Å². The van der Waals surface area contributed by atoms with Crippen molar-refractivity contribution in [2.24, 2.45) is 0 Å². The Morgan fingerprint density at radius 1 is 1.20 bits per heavy atom. The zero-order valence-corrected chi connectivity index (χ0v) is 9.16. The van der Waals surface area contributed by atoms with Crippen LogP contribution in [0.15, 0.2) is 24.3 Å². The van der Waals surface area contributed by atoms with Crippen molar-refractivity contribution in [3.05, 3.63) is 29.8 Å². The molecule has 0 spiro atoms. The summed E-state index contributed by atoms with van der Waals surface area (Å²) in [7, 11) is 3.22. The largest absolute Gasteiger partial charge is 0.439 e. The summed E-state index contributed by atoms with van der Waals surface area (Å²) in [6, 6.07) is 8.01. The molecule has 0 radical (unpaired) electrons. The van der Waals surface area contributed by atoms with E-state index in [1.807, 2.05) is 18.2 Å². The zero-order valence-electron chi connectivity index (χ0n) is 9.16. The van der Waals surface area contributed by atoms with E-state index < -0.39 is 5.97 Å². The topological polar surface area (TPSA) is 27.7 Å². The van der Waals surface area contributed by atoms with Gasteiger partial charge >= 0.3 is 5.97 Å². The van der Waals surface area contributed by atoms with Gasteiger partial charge in [0, 0.05) is 20.6 Å².